The number of amides is 1. The molecule has 1 heterocycles. The molecule has 0 aliphatic carbocycles. The lowest BCUT2D eigenvalue weighted by Gasteiger charge is -2.30. The zero-order chi connectivity index (χ0) is 33.2. The number of hydrogen-bond donors (Lipinski definition) is 0. The monoisotopic (exact) mass is 644 g/mol. The molecule has 1 atom stereocenters. The fourth-order valence-electron chi connectivity index (χ4n) is 7.35. The van der Waals surface area contributed by atoms with Gasteiger partial charge in [0.2, 0.25) is 5.84 Å². The summed E-state index contributed by atoms with van der Waals surface area (Å²) < 4.78 is 0.451. The van der Waals surface area contributed by atoms with E-state index in [9.17, 15) is 4.79 Å². The van der Waals surface area contributed by atoms with Crippen LogP contribution in [0.2, 0.25) is 0 Å². The highest BCUT2D eigenvalue weighted by Crippen LogP contribution is 2.26. The third kappa shape index (κ3) is 22.6. The molecule has 1 amide bonds. The van der Waals surface area contributed by atoms with E-state index < -0.39 is 0 Å². The molecule has 3 heteroatoms. The molecule has 46 heavy (non-hydrogen) atoms. The number of carbonyl (C=O) groups is 1. The normalized spacial score (nSPS) is 16.0. The molecule has 1 unspecified atom stereocenters. The van der Waals surface area contributed by atoms with Crippen molar-refractivity contribution < 1.29 is 9.28 Å². The second-order valence-corrected chi connectivity index (χ2v) is 14.9. The first kappa shape index (κ1) is 43.1. The third-order valence-electron chi connectivity index (χ3n) is 10.6. The number of nitrogens with zero attached hydrogens (tertiary/aromatic N) is 2. The van der Waals surface area contributed by atoms with E-state index in [2.05, 4.69) is 27.0 Å². The second kappa shape index (κ2) is 32.6. The molecule has 0 N–H and O–H groups in total. The molecule has 0 aromatic carbocycles. The Hall–Kier alpha value is -0.960. The molecule has 0 saturated carbocycles. The van der Waals surface area contributed by atoms with Crippen LogP contribution in [-0.2, 0) is 4.79 Å². The fraction of sp³-hybridized carbons (Fsp3) is 0.907. The Morgan fingerprint density at radius 1 is 0.457 bits per heavy atom. The smallest absolute Gasteiger partial charge is 0.230 e. The topological polar surface area (TPSA) is 29.4 Å². The van der Waals surface area contributed by atoms with Crippen LogP contribution in [0.5, 0.6) is 0 Å². The number of aliphatic imine (C=N–C) groups is 1. The van der Waals surface area contributed by atoms with Gasteiger partial charge >= 0.3 is 5.91 Å². The van der Waals surface area contributed by atoms with Crippen LogP contribution in [0.4, 0.5) is 0 Å². The molecule has 0 saturated heterocycles. The maximum atomic E-state index is 13.9. The highest BCUT2D eigenvalue weighted by molar-refractivity contribution is 5.90. The first-order valence-electron chi connectivity index (χ1n) is 21.4. The summed E-state index contributed by atoms with van der Waals surface area (Å²) in [5.74, 6) is 1.56. The highest BCUT2D eigenvalue weighted by atomic mass is 16.2. The number of carbonyl (C=O) groups excluding carboxylic acids is 1. The van der Waals surface area contributed by atoms with Crippen molar-refractivity contribution in [1.29, 1.82) is 0 Å². The average Bonchev–Trinajstić information content (AvgIpc) is 3.48. The molecule has 0 aromatic rings. The van der Waals surface area contributed by atoms with Gasteiger partial charge in [-0.05, 0) is 25.7 Å². The third-order valence-corrected chi connectivity index (χ3v) is 10.6. The Morgan fingerprint density at radius 3 is 1.17 bits per heavy atom. The second-order valence-electron chi connectivity index (χ2n) is 14.9. The molecular weight excluding hydrogens is 560 g/mol. The van der Waals surface area contributed by atoms with Gasteiger partial charge in [-0.25, -0.2) is 9.79 Å². The summed E-state index contributed by atoms with van der Waals surface area (Å²) in [6.07, 6.45) is 50.3. The lowest BCUT2D eigenvalue weighted by atomic mass is 10.0. The van der Waals surface area contributed by atoms with Gasteiger partial charge in [0, 0.05) is 6.42 Å². The Kier molecular flexibility index (Phi) is 30.5. The average molecular weight is 644 g/mol. The summed E-state index contributed by atoms with van der Waals surface area (Å²) in [7, 11) is 0. The van der Waals surface area contributed by atoms with Crippen LogP contribution in [0.15, 0.2) is 17.4 Å². The van der Waals surface area contributed by atoms with Crippen molar-refractivity contribution in [3.8, 4) is 0 Å². The van der Waals surface area contributed by atoms with Gasteiger partial charge in [0.25, 0.3) is 0 Å². The Bertz CT molecular complexity index is 728. The van der Waals surface area contributed by atoms with E-state index in [0.29, 0.717) is 10.4 Å². The van der Waals surface area contributed by atoms with Crippen LogP contribution < -0.4 is 0 Å². The molecular formula is C43H83N2O+. The zero-order valence-electron chi connectivity index (χ0n) is 31.9. The maximum absolute atomic E-state index is 13.9. The van der Waals surface area contributed by atoms with E-state index in [1.807, 2.05) is 6.20 Å². The summed E-state index contributed by atoms with van der Waals surface area (Å²) in [6, 6.07) is 0. The maximum Gasteiger partial charge on any atom is 0.324 e. The van der Waals surface area contributed by atoms with Crippen LogP contribution in [0.25, 0.3) is 0 Å². The SMILES string of the molecule is CCCCCCCCCCCCCCCC[N+]1(C(=O)CCCCCCCCCCC)C=CN=C1CCCCCCCCCCCC. The Balaban J connectivity index is 2.38. The van der Waals surface area contributed by atoms with Crippen molar-refractivity contribution in [3.63, 3.8) is 0 Å². The minimum atomic E-state index is 0.414. The van der Waals surface area contributed by atoms with Gasteiger partial charge in [-0.3, -0.25) is 0 Å². The summed E-state index contributed by atoms with van der Waals surface area (Å²) in [6.45, 7) is 7.81. The van der Waals surface area contributed by atoms with Crippen LogP contribution in [0.1, 0.15) is 245 Å². The predicted octanol–water partition coefficient (Wildman–Crippen LogP) is 14.9. The molecule has 1 aliphatic rings. The lowest BCUT2D eigenvalue weighted by Crippen LogP contribution is -2.52. The van der Waals surface area contributed by atoms with Gasteiger partial charge in [-0.1, -0.05) is 207 Å². The van der Waals surface area contributed by atoms with Gasteiger partial charge in [0.1, 0.15) is 6.20 Å². The van der Waals surface area contributed by atoms with E-state index in [-0.39, 0.29) is 0 Å². The standard InChI is InChI=1S/C43H83N2O/c1-4-7-10-13-16-19-21-22-23-24-27-30-33-36-40-45(43(46)38-35-32-29-25-18-15-12-9-6-3)41-39-44-42(45)37-34-31-28-26-20-17-14-11-8-5-2/h39,41H,4-38,40H2,1-3H3/q+1. The van der Waals surface area contributed by atoms with Gasteiger partial charge in [-0.2, -0.15) is 4.48 Å². The molecule has 1 rings (SSSR count). The van der Waals surface area contributed by atoms with Gasteiger partial charge < -0.3 is 0 Å². The number of amidine groups is 1. The summed E-state index contributed by atoms with van der Waals surface area (Å²) in [5, 5.41) is 0. The Morgan fingerprint density at radius 2 is 0.783 bits per heavy atom. The van der Waals surface area contributed by atoms with Crippen LogP contribution in [0, 0.1) is 0 Å². The number of hydrogen-bond acceptors (Lipinski definition) is 2. The predicted molar refractivity (Wildman–Crippen MR) is 205 cm³/mol. The fourth-order valence-corrected chi connectivity index (χ4v) is 7.35. The molecule has 0 fully saturated rings. The highest BCUT2D eigenvalue weighted by Gasteiger charge is 2.41. The first-order valence-corrected chi connectivity index (χ1v) is 21.4. The summed E-state index contributed by atoms with van der Waals surface area (Å²) in [5.41, 5.74) is 0. The molecule has 0 radical (unpaired) electrons. The van der Waals surface area contributed by atoms with E-state index >= 15 is 0 Å². The lowest BCUT2D eigenvalue weighted by molar-refractivity contribution is -0.708. The van der Waals surface area contributed by atoms with Crippen molar-refractivity contribution >= 4 is 11.7 Å². The quantitative estimate of drug-likeness (QED) is 0.0493. The van der Waals surface area contributed by atoms with Crippen molar-refractivity contribution in [3.05, 3.63) is 12.4 Å². The van der Waals surface area contributed by atoms with E-state index in [4.69, 9.17) is 4.99 Å². The number of quaternary nitrogens is 1. The number of rotatable bonds is 36. The van der Waals surface area contributed by atoms with Gasteiger partial charge in [0.15, 0.2) is 0 Å². The van der Waals surface area contributed by atoms with E-state index in [0.717, 1.165) is 38.1 Å². The minimum Gasteiger partial charge on any atom is -0.230 e. The van der Waals surface area contributed by atoms with E-state index in [1.54, 1.807) is 0 Å². The molecule has 3 nitrogen and oxygen atoms in total. The minimum absolute atomic E-state index is 0.414. The summed E-state index contributed by atoms with van der Waals surface area (Å²) in [4.78, 5) is 18.7. The van der Waals surface area contributed by atoms with Crippen molar-refractivity contribution in [2.45, 2.75) is 245 Å². The molecule has 0 aromatic heterocycles. The van der Waals surface area contributed by atoms with Crippen molar-refractivity contribution in [2.75, 3.05) is 6.54 Å². The number of unbranched alkanes of at least 4 members (excludes halogenated alkanes) is 30. The first-order chi connectivity index (χ1) is 22.7. The van der Waals surface area contributed by atoms with Gasteiger partial charge in [-0.15, -0.1) is 0 Å². The zero-order valence-corrected chi connectivity index (χ0v) is 31.9. The molecule has 270 valence electrons. The molecule has 0 spiro atoms. The largest absolute Gasteiger partial charge is 0.324 e. The summed E-state index contributed by atoms with van der Waals surface area (Å²) >= 11 is 0. The van der Waals surface area contributed by atoms with Crippen LogP contribution in [0.3, 0.4) is 0 Å². The van der Waals surface area contributed by atoms with Crippen molar-refractivity contribution in [2.24, 2.45) is 4.99 Å². The van der Waals surface area contributed by atoms with Crippen molar-refractivity contribution in [1.82, 2.24) is 0 Å². The molecule has 1 aliphatic heterocycles. The van der Waals surface area contributed by atoms with E-state index in [1.165, 1.54) is 199 Å². The van der Waals surface area contributed by atoms with Crippen LogP contribution >= 0.6 is 0 Å². The Labute approximate surface area is 289 Å². The molecule has 0 bridgehead atoms. The van der Waals surface area contributed by atoms with Crippen LogP contribution in [-0.4, -0.2) is 22.8 Å². The van der Waals surface area contributed by atoms with Gasteiger partial charge in [0.05, 0.1) is 19.2 Å².